The molecular weight excluding hydrogens is 384 g/mol. The molecule has 0 aliphatic rings. The van der Waals surface area contributed by atoms with Crippen molar-refractivity contribution < 1.29 is 32.2 Å². The van der Waals surface area contributed by atoms with Crippen LogP contribution in [0.3, 0.4) is 0 Å². The first-order valence-electron chi connectivity index (χ1n) is 8.36. The van der Waals surface area contributed by atoms with Gasteiger partial charge in [0, 0.05) is 0 Å². The number of methoxy groups -OCH3 is 1. The van der Waals surface area contributed by atoms with E-state index >= 15 is 0 Å². The Bertz CT molecular complexity index is 946. The summed E-state index contributed by atoms with van der Waals surface area (Å²) in [6.45, 7) is 1.93. The van der Waals surface area contributed by atoms with Gasteiger partial charge in [-0.1, -0.05) is 30.3 Å². The number of sulfone groups is 1. The van der Waals surface area contributed by atoms with Crippen LogP contribution >= 0.6 is 0 Å². The van der Waals surface area contributed by atoms with Crippen molar-refractivity contribution in [1.29, 1.82) is 0 Å². The normalized spacial score (nSPS) is 11.6. The van der Waals surface area contributed by atoms with Gasteiger partial charge < -0.3 is 14.2 Å². The molecule has 0 heterocycles. The topological polar surface area (TPSA) is 96.0 Å². The average molecular weight is 404 g/mol. The maximum absolute atomic E-state index is 12.7. The Kier molecular flexibility index (Phi) is 7.34. The van der Waals surface area contributed by atoms with Crippen LogP contribution in [-0.2, 0) is 35.4 Å². The third-order valence-electron chi connectivity index (χ3n) is 3.65. The fraction of sp³-hybridized carbons (Fsp3) is 0.200. The molecule has 0 aliphatic carbocycles. The highest BCUT2D eigenvalue weighted by Gasteiger charge is 2.29. The van der Waals surface area contributed by atoms with Crippen LogP contribution in [0.15, 0.2) is 70.7 Å². The largest absolute Gasteiger partial charge is 0.500 e. The first kappa shape index (κ1) is 21.2. The lowest BCUT2D eigenvalue weighted by Crippen LogP contribution is -2.16. The fourth-order valence-corrected chi connectivity index (χ4v) is 3.43. The predicted octanol–water partition coefficient (Wildman–Crippen LogP) is 2.87. The summed E-state index contributed by atoms with van der Waals surface area (Å²) < 4.78 is 40.0. The van der Waals surface area contributed by atoms with Gasteiger partial charge in [0.05, 0.1) is 24.2 Å². The van der Waals surface area contributed by atoms with Crippen LogP contribution in [-0.4, -0.2) is 34.1 Å². The van der Waals surface area contributed by atoms with Crippen molar-refractivity contribution in [3.63, 3.8) is 0 Å². The lowest BCUT2D eigenvalue weighted by atomic mass is 10.2. The van der Waals surface area contributed by atoms with Gasteiger partial charge in [-0.15, -0.1) is 0 Å². The van der Waals surface area contributed by atoms with Gasteiger partial charge in [0.25, 0.3) is 0 Å². The van der Waals surface area contributed by atoms with Crippen LogP contribution in [0.25, 0.3) is 0 Å². The molecule has 0 radical (unpaired) electrons. The Morgan fingerprint density at radius 3 is 2.21 bits per heavy atom. The van der Waals surface area contributed by atoms with Crippen LogP contribution < -0.4 is 0 Å². The molecule has 28 heavy (non-hydrogen) atoms. The highest BCUT2D eigenvalue weighted by atomic mass is 32.2. The van der Waals surface area contributed by atoms with Crippen LogP contribution in [0.4, 0.5) is 0 Å². The molecule has 2 rings (SSSR count). The molecule has 0 aromatic heterocycles. The highest BCUT2D eigenvalue weighted by Crippen LogP contribution is 2.21. The number of carbonyl (C=O) groups is 2. The van der Waals surface area contributed by atoms with E-state index in [0.717, 1.165) is 18.9 Å². The molecule has 0 atom stereocenters. The van der Waals surface area contributed by atoms with Gasteiger partial charge in [0.1, 0.15) is 12.9 Å². The fourth-order valence-electron chi connectivity index (χ4n) is 2.18. The molecule has 2 aromatic rings. The van der Waals surface area contributed by atoms with Crippen LogP contribution in [0, 0.1) is 0 Å². The summed E-state index contributed by atoms with van der Waals surface area (Å²) >= 11 is 0. The Balaban J connectivity index is 2.17. The molecule has 0 aliphatic heterocycles. The van der Waals surface area contributed by atoms with E-state index in [0.29, 0.717) is 0 Å². The third-order valence-corrected chi connectivity index (χ3v) is 5.38. The van der Waals surface area contributed by atoms with Gasteiger partial charge in [0.15, 0.2) is 4.91 Å². The van der Waals surface area contributed by atoms with Gasteiger partial charge >= 0.3 is 11.9 Å². The van der Waals surface area contributed by atoms with E-state index in [-0.39, 0.29) is 23.7 Å². The number of carbonyl (C=O) groups excluding carboxylic acids is 2. The van der Waals surface area contributed by atoms with Gasteiger partial charge in [0.2, 0.25) is 9.84 Å². The molecule has 2 aromatic carbocycles. The van der Waals surface area contributed by atoms with Crippen molar-refractivity contribution in [2.45, 2.75) is 18.4 Å². The van der Waals surface area contributed by atoms with E-state index in [1.54, 1.807) is 6.92 Å². The minimum Gasteiger partial charge on any atom is -0.500 e. The number of hydrogen-bond donors (Lipinski definition) is 0. The van der Waals surface area contributed by atoms with E-state index in [9.17, 15) is 18.0 Å². The molecule has 8 heteroatoms. The summed E-state index contributed by atoms with van der Waals surface area (Å²) in [6, 6.07) is 14.2. The first-order valence-corrected chi connectivity index (χ1v) is 9.84. The van der Waals surface area contributed by atoms with Crippen LogP contribution in [0.5, 0.6) is 0 Å². The number of rotatable bonds is 8. The number of esters is 2. The summed E-state index contributed by atoms with van der Waals surface area (Å²) in [6.07, 6.45) is 0.850. The standard InChI is InChI=1S/C20H20O7S/c1-3-26-14-18(20(22)25-2)28(23,24)17-11-9-16(10-12-17)19(21)27-13-15-7-5-4-6-8-15/h4-12,14H,3,13H2,1-2H3/b18-14+. The monoisotopic (exact) mass is 404 g/mol. The summed E-state index contributed by atoms with van der Waals surface area (Å²) in [7, 11) is -3.10. The molecule has 0 fully saturated rings. The van der Waals surface area contributed by atoms with E-state index in [2.05, 4.69) is 4.74 Å². The minimum absolute atomic E-state index is 0.101. The molecule has 148 valence electrons. The maximum atomic E-state index is 12.7. The second-order valence-electron chi connectivity index (χ2n) is 5.52. The molecule has 0 spiro atoms. The van der Waals surface area contributed by atoms with Crippen LogP contribution in [0.2, 0.25) is 0 Å². The van der Waals surface area contributed by atoms with Crippen molar-refractivity contribution in [3.8, 4) is 0 Å². The zero-order chi connectivity index (χ0) is 20.6. The van der Waals surface area contributed by atoms with E-state index in [1.165, 1.54) is 24.3 Å². The molecule has 0 saturated heterocycles. The van der Waals surface area contributed by atoms with Gasteiger partial charge in [-0.25, -0.2) is 18.0 Å². The molecule has 0 bridgehead atoms. The van der Waals surface area contributed by atoms with E-state index < -0.39 is 26.7 Å². The average Bonchev–Trinajstić information content (AvgIpc) is 2.72. The minimum atomic E-state index is -4.17. The Morgan fingerprint density at radius 2 is 1.64 bits per heavy atom. The van der Waals surface area contributed by atoms with Gasteiger partial charge in [-0.3, -0.25) is 0 Å². The van der Waals surface area contributed by atoms with Crippen molar-refractivity contribution in [2.24, 2.45) is 0 Å². The third kappa shape index (κ3) is 5.20. The summed E-state index contributed by atoms with van der Waals surface area (Å²) in [5.41, 5.74) is 1.02. The second-order valence-corrected chi connectivity index (χ2v) is 7.44. The molecule has 0 saturated carbocycles. The Labute approximate surface area is 163 Å². The molecule has 0 unspecified atom stereocenters. The summed E-state index contributed by atoms with van der Waals surface area (Å²) in [4.78, 5) is 23.1. The zero-order valence-electron chi connectivity index (χ0n) is 15.5. The molecule has 0 amide bonds. The van der Waals surface area contributed by atoms with Crippen molar-refractivity contribution >= 4 is 21.8 Å². The van der Waals surface area contributed by atoms with Crippen LogP contribution in [0.1, 0.15) is 22.8 Å². The predicted molar refractivity (Wildman–Crippen MR) is 101 cm³/mol. The smallest absolute Gasteiger partial charge is 0.353 e. The maximum Gasteiger partial charge on any atom is 0.353 e. The summed E-state index contributed by atoms with van der Waals surface area (Å²) in [5.74, 6) is -1.63. The van der Waals surface area contributed by atoms with Crippen molar-refractivity contribution in [1.82, 2.24) is 0 Å². The quantitative estimate of drug-likeness (QED) is 0.379. The van der Waals surface area contributed by atoms with Gasteiger partial charge in [-0.05, 0) is 36.8 Å². The van der Waals surface area contributed by atoms with E-state index in [4.69, 9.17) is 9.47 Å². The number of benzene rings is 2. The van der Waals surface area contributed by atoms with Crippen molar-refractivity contribution in [3.05, 3.63) is 76.9 Å². The second kappa shape index (κ2) is 9.70. The van der Waals surface area contributed by atoms with E-state index in [1.807, 2.05) is 30.3 Å². The lowest BCUT2D eigenvalue weighted by Gasteiger charge is -2.09. The lowest BCUT2D eigenvalue weighted by molar-refractivity contribution is -0.135. The molecular formula is C20H20O7S. The molecule has 7 nitrogen and oxygen atoms in total. The molecule has 0 N–H and O–H groups in total. The zero-order valence-corrected chi connectivity index (χ0v) is 16.3. The highest BCUT2D eigenvalue weighted by molar-refractivity contribution is 7.96. The summed E-state index contributed by atoms with van der Waals surface area (Å²) in [5, 5.41) is 0. The van der Waals surface area contributed by atoms with Gasteiger partial charge in [-0.2, -0.15) is 0 Å². The van der Waals surface area contributed by atoms with Crippen molar-refractivity contribution in [2.75, 3.05) is 13.7 Å². The Morgan fingerprint density at radius 1 is 1.00 bits per heavy atom. The SMILES string of the molecule is CCO/C=C(\C(=O)OC)S(=O)(=O)c1ccc(C(=O)OCc2ccccc2)cc1. The Hall–Kier alpha value is -3.13. The number of ether oxygens (including phenoxy) is 3. The number of hydrogen-bond acceptors (Lipinski definition) is 7. The first-order chi connectivity index (χ1) is 13.4.